The zero-order chi connectivity index (χ0) is 15.3. The molecule has 1 aromatic carbocycles. The van der Waals surface area contributed by atoms with Gasteiger partial charge in [-0.05, 0) is 19.9 Å². The number of halogens is 2. The molecule has 0 bridgehead atoms. The second-order valence-corrected chi connectivity index (χ2v) is 8.40. The molecule has 0 aliphatic rings. The number of imidazole rings is 1. The summed E-state index contributed by atoms with van der Waals surface area (Å²) in [6, 6.07) is 2.58. The number of hydrogen-bond donors (Lipinski definition) is 1. The maximum Gasteiger partial charge on any atom is 0.201 e. The van der Waals surface area contributed by atoms with Crippen molar-refractivity contribution in [2.45, 2.75) is 25.1 Å². The topological polar surface area (TPSA) is 78.0 Å². The van der Waals surface area contributed by atoms with Gasteiger partial charge in [-0.25, -0.2) is 17.8 Å². The molecular weight excluding hydrogens is 305 g/mol. The lowest BCUT2D eigenvalue weighted by atomic mass is 10.2. The van der Waals surface area contributed by atoms with Gasteiger partial charge in [0.15, 0.2) is 9.84 Å². The van der Waals surface area contributed by atoms with Crippen molar-refractivity contribution >= 4 is 38.4 Å². The smallest absolute Gasteiger partial charge is 0.201 e. The largest absolute Gasteiger partial charge is 0.369 e. The van der Waals surface area contributed by atoms with Crippen molar-refractivity contribution < 1.29 is 12.8 Å². The predicted molar refractivity (Wildman–Crippen MR) is 78.0 cm³/mol. The van der Waals surface area contributed by atoms with Crippen LogP contribution >= 0.6 is 11.6 Å². The summed E-state index contributed by atoms with van der Waals surface area (Å²) in [5.74, 6) is -0.476. The van der Waals surface area contributed by atoms with E-state index in [0.29, 0.717) is 11.0 Å². The highest BCUT2D eigenvalue weighted by Crippen LogP contribution is 2.27. The van der Waals surface area contributed by atoms with Gasteiger partial charge in [0.1, 0.15) is 5.82 Å². The van der Waals surface area contributed by atoms with E-state index in [0.717, 1.165) is 6.26 Å². The highest BCUT2D eigenvalue weighted by atomic mass is 35.5. The number of rotatable bonds is 3. The number of nitrogen functional groups attached to an aromatic ring is 1. The number of sulfone groups is 1. The summed E-state index contributed by atoms with van der Waals surface area (Å²) in [5, 5.41) is -0.0514. The lowest BCUT2D eigenvalue weighted by Gasteiger charge is -2.23. The molecule has 0 amide bonds. The summed E-state index contributed by atoms with van der Waals surface area (Å²) >= 11 is 5.69. The Morgan fingerprint density at radius 2 is 2.05 bits per heavy atom. The summed E-state index contributed by atoms with van der Waals surface area (Å²) < 4.78 is 37.6. The number of nitrogens with zero attached hydrogens (tertiary/aromatic N) is 2. The Morgan fingerprint density at radius 1 is 1.45 bits per heavy atom. The Morgan fingerprint density at radius 3 is 2.60 bits per heavy atom. The van der Waals surface area contributed by atoms with Crippen molar-refractivity contribution in [1.29, 1.82) is 0 Å². The van der Waals surface area contributed by atoms with Crippen LogP contribution in [0.25, 0.3) is 11.0 Å². The van der Waals surface area contributed by atoms with E-state index in [9.17, 15) is 12.8 Å². The third-order valence-electron chi connectivity index (χ3n) is 3.36. The van der Waals surface area contributed by atoms with Gasteiger partial charge in [-0.15, -0.1) is 0 Å². The normalized spacial score (nSPS) is 13.1. The molecular formula is C12H15ClFN3O2S. The molecule has 0 aliphatic heterocycles. The molecule has 2 rings (SSSR count). The zero-order valence-electron chi connectivity index (χ0n) is 11.3. The number of anilines is 1. The van der Waals surface area contributed by atoms with Crippen LogP contribution in [0.2, 0.25) is 5.02 Å². The van der Waals surface area contributed by atoms with E-state index in [4.69, 9.17) is 17.3 Å². The Balaban J connectivity index is 2.61. The maximum absolute atomic E-state index is 13.6. The number of nitrogens with two attached hydrogens (primary N) is 1. The summed E-state index contributed by atoms with van der Waals surface area (Å²) in [4.78, 5) is 4.08. The minimum atomic E-state index is -3.31. The molecule has 0 atom stereocenters. The highest BCUT2D eigenvalue weighted by molar-refractivity contribution is 7.92. The number of hydrogen-bond acceptors (Lipinski definition) is 4. The summed E-state index contributed by atoms with van der Waals surface area (Å²) in [6.45, 7) is 3.25. The molecule has 8 heteroatoms. The van der Waals surface area contributed by atoms with E-state index in [-0.39, 0.29) is 17.5 Å². The van der Waals surface area contributed by atoms with E-state index in [2.05, 4.69) is 4.98 Å². The molecule has 0 saturated carbocycles. The van der Waals surface area contributed by atoms with Gasteiger partial charge in [0.05, 0.1) is 20.8 Å². The first-order valence-electron chi connectivity index (χ1n) is 5.83. The van der Waals surface area contributed by atoms with Gasteiger partial charge < -0.3 is 10.3 Å². The summed E-state index contributed by atoms with van der Waals surface area (Å²) in [6.07, 6.45) is 1.15. The van der Waals surface area contributed by atoms with Crippen LogP contribution in [0.3, 0.4) is 0 Å². The Labute approximate surface area is 121 Å². The van der Waals surface area contributed by atoms with Crippen molar-refractivity contribution in [3.63, 3.8) is 0 Å². The van der Waals surface area contributed by atoms with Crippen molar-refractivity contribution in [2.75, 3.05) is 12.0 Å². The standard InChI is InChI=1S/C12H15ClFN3O2S/c1-12(2,20(3,18)19)6-17-10-5-8(14)7(13)4-9(10)16-11(17)15/h4-5H,6H2,1-3H3,(H2,15,16). The van der Waals surface area contributed by atoms with Crippen LogP contribution < -0.4 is 5.73 Å². The zero-order valence-corrected chi connectivity index (χ0v) is 12.9. The lowest BCUT2D eigenvalue weighted by Crippen LogP contribution is -2.36. The molecule has 1 aromatic heterocycles. The third-order valence-corrected chi connectivity index (χ3v) is 5.79. The molecule has 1 heterocycles. The molecule has 110 valence electrons. The molecule has 0 unspecified atom stereocenters. The first-order chi connectivity index (χ1) is 9.03. The summed E-state index contributed by atoms with van der Waals surface area (Å²) in [7, 11) is -3.31. The fourth-order valence-electron chi connectivity index (χ4n) is 1.80. The number of fused-ring (bicyclic) bond motifs is 1. The minimum absolute atomic E-state index is 0.0514. The lowest BCUT2D eigenvalue weighted by molar-refractivity contribution is 0.510. The maximum atomic E-state index is 13.6. The van der Waals surface area contributed by atoms with Gasteiger partial charge in [-0.2, -0.15) is 0 Å². The van der Waals surface area contributed by atoms with E-state index < -0.39 is 20.4 Å². The molecule has 0 saturated heterocycles. The average Bonchev–Trinajstić information content (AvgIpc) is 2.55. The van der Waals surface area contributed by atoms with E-state index in [1.807, 2.05) is 0 Å². The van der Waals surface area contributed by atoms with Gasteiger partial charge in [-0.1, -0.05) is 11.6 Å². The van der Waals surface area contributed by atoms with Crippen LogP contribution in [0.1, 0.15) is 13.8 Å². The molecule has 0 spiro atoms. The highest BCUT2D eigenvalue weighted by Gasteiger charge is 2.32. The van der Waals surface area contributed by atoms with Gasteiger partial charge in [0.25, 0.3) is 0 Å². The SMILES string of the molecule is CC(C)(Cn1c(N)nc2cc(Cl)c(F)cc21)S(C)(=O)=O. The first kappa shape index (κ1) is 15.1. The Bertz CT molecular complexity index is 784. The van der Waals surface area contributed by atoms with Crippen molar-refractivity contribution in [3.8, 4) is 0 Å². The Kier molecular flexibility index (Phi) is 3.46. The molecule has 0 fully saturated rings. The quantitative estimate of drug-likeness (QED) is 0.941. The fourth-order valence-corrected chi connectivity index (χ4v) is 2.32. The second-order valence-electron chi connectivity index (χ2n) is 5.34. The molecule has 2 N–H and O–H groups in total. The third kappa shape index (κ3) is 2.47. The molecule has 0 radical (unpaired) electrons. The predicted octanol–water partition coefficient (Wildman–Crippen LogP) is 2.23. The van der Waals surface area contributed by atoms with Crippen LogP contribution in [0.4, 0.5) is 10.3 Å². The van der Waals surface area contributed by atoms with Crippen molar-refractivity contribution in [2.24, 2.45) is 0 Å². The molecule has 20 heavy (non-hydrogen) atoms. The van der Waals surface area contributed by atoms with E-state index in [1.54, 1.807) is 13.8 Å². The fraction of sp³-hybridized carbons (Fsp3) is 0.417. The van der Waals surface area contributed by atoms with Crippen LogP contribution in [0.15, 0.2) is 12.1 Å². The van der Waals surface area contributed by atoms with E-state index in [1.165, 1.54) is 16.7 Å². The number of benzene rings is 1. The van der Waals surface area contributed by atoms with E-state index >= 15 is 0 Å². The summed E-state index contributed by atoms with van der Waals surface area (Å²) in [5.41, 5.74) is 6.64. The van der Waals surface area contributed by atoms with Crippen LogP contribution in [0, 0.1) is 5.82 Å². The van der Waals surface area contributed by atoms with Crippen molar-refractivity contribution in [1.82, 2.24) is 9.55 Å². The molecule has 0 aliphatic carbocycles. The average molecular weight is 320 g/mol. The monoisotopic (exact) mass is 319 g/mol. The second kappa shape index (κ2) is 4.60. The van der Waals surface area contributed by atoms with Gasteiger partial charge in [-0.3, -0.25) is 0 Å². The van der Waals surface area contributed by atoms with Crippen molar-refractivity contribution in [3.05, 3.63) is 23.0 Å². The number of aromatic nitrogens is 2. The first-order valence-corrected chi connectivity index (χ1v) is 8.10. The van der Waals surface area contributed by atoms with Crippen LogP contribution in [-0.2, 0) is 16.4 Å². The Hall–Kier alpha value is -1.34. The molecule has 2 aromatic rings. The van der Waals surface area contributed by atoms with Gasteiger partial charge in [0, 0.05) is 18.9 Å². The molecule has 5 nitrogen and oxygen atoms in total. The van der Waals surface area contributed by atoms with Gasteiger partial charge in [0.2, 0.25) is 5.95 Å². The van der Waals surface area contributed by atoms with Crippen LogP contribution in [0.5, 0.6) is 0 Å². The van der Waals surface area contributed by atoms with Gasteiger partial charge >= 0.3 is 0 Å². The van der Waals surface area contributed by atoms with Crippen LogP contribution in [-0.4, -0.2) is 29.0 Å². The minimum Gasteiger partial charge on any atom is -0.369 e.